The number of thiocarbonyl (C=S) groups is 1. The molecule has 0 heterocycles. The summed E-state index contributed by atoms with van der Waals surface area (Å²) < 4.78 is 43.7. The van der Waals surface area contributed by atoms with Crippen molar-refractivity contribution in [3.05, 3.63) is 53.6 Å². The molecule has 3 nitrogen and oxygen atoms in total. The van der Waals surface area contributed by atoms with Crippen molar-refractivity contribution in [3.8, 4) is 16.9 Å². The van der Waals surface area contributed by atoms with Crippen LogP contribution in [0, 0.1) is 0 Å². The van der Waals surface area contributed by atoms with E-state index in [0.29, 0.717) is 29.6 Å². The van der Waals surface area contributed by atoms with Crippen LogP contribution >= 0.6 is 12.2 Å². The molecule has 0 radical (unpaired) electrons. The fourth-order valence-corrected chi connectivity index (χ4v) is 2.36. The van der Waals surface area contributed by atoms with Crippen LogP contribution in [0.4, 0.5) is 13.2 Å². The first-order chi connectivity index (χ1) is 11.8. The Morgan fingerprint density at radius 1 is 1.08 bits per heavy atom. The summed E-state index contributed by atoms with van der Waals surface area (Å²) in [6.45, 7) is 2.85. The SMILES string of the molecule is CCOc1cc(-c2ccc(C(F)(F)F)cc2)ccc1CNC(=S)NC. The number of halogens is 3. The van der Waals surface area contributed by atoms with E-state index in [1.165, 1.54) is 12.1 Å². The highest BCUT2D eigenvalue weighted by Crippen LogP contribution is 2.32. The largest absolute Gasteiger partial charge is 0.494 e. The average molecular weight is 368 g/mol. The second kappa shape index (κ2) is 8.20. The van der Waals surface area contributed by atoms with Crippen LogP contribution in [-0.2, 0) is 12.7 Å². The molecule has 2 rings (SSSR count). The number of ether oxygens (including phenoxy) is 1. The summed E-state index contributed by atoms with van der Waals surface area (Å²) in [6, 6.07) is 10.6. The van der Waals surface area contributed by atoms with Crippen molar-refractivity contribution in [1.82, 2.24) is 10.6 Å². The highest BCUT2D eigenvalue weighted by molar-refractivity contribution is 7.80. The van der Waals surface area contributed by atoms with Gasteiger partial charge in [-0.2, -0.15) is 13.2 Å². The van der Waals surface area contributed by atoms with Crippen molar-refractivity contribution in [1.29, 1.82) is 0 Å². The van der Waals surface area contributed by atoms with Crippen molar-refractivity contribution >= 4 is 17.3 Å². The Hall–Kier alpha value is -2.28. The first-order valence-corrected chi connectivity index (χ1v) is 8.15. The van der Waals surface area contributed by atoms with Crippen molar-refractivity contribution in [3.63, 3.8) is 0 Å². The lowest BCUT2D eigenvalue weighted by Crippen LogP contribution is -2.31. The molecule has 7 heteroatoms. The Balaban J connectivity index is 2.27. The van der Waals surface area contributed by atoms with E-state index in [1.807, 2.05) is 25.1 Å². The normalized spacial score (nSPS) is 11.1. The van der Waals surface area contributed by atoms with E-state index >= 15 is 0 Å². The number of benzene rings is 2. The highest BCUT2D eigenvalue weighted by Gasteiger charge is 2.29. The molecule has 134 valence electrons. The maximum absolute atomic E-state index is 12.7. The second-order valence-corrected chi connectivity index (χ2v) is 5.67. The van der Waals surface area contributed by atoms with Gasteiger partial charge >= 0.3 is 6.18 Å². The average Bonchev–Trinajstić information content (AvgIpc) is 2.60. The van der Waals surface area contributed by atoms with E-state index in [-0.39, 0.29) is 0 Å². The lowest BCUT2D eigenvalue weighted by molar-refractivity contribution is -0.137. The van der Waals surface area contributed by atoms with Crippen LogP contribution in [0.2, 0.25) is 0 Å². The van der Waals surface area contributed by atoms with Crippen LogP contribution in [0.3, 0.4) is 0 Å². The van der Waals surface area contributed by atoms with Crippen LogP contribution < -0.4 is 15.4 Å². The summed E-state index contributed by atoms with van der Waals surface area (Å²) in [4.78, 5) is 0. The zero-order valence-corrected chi connectivity index (χ0v) is 14.7. The molecular weight excluding hydrogens is 349 g/mol. The number of hydrogen-bond acceptors (Lipinski definition) is 2. The molecule has 0 bridgehead atoms. The van der Waals surface area contributed by atoms with Gasteiger partial charge in [0.1, 0.15) is 5.75 Å². The van der Waals surface area contributed by atoms with Gasteiger partial charge in [-0.25, -0.2) is 0 Å². The van der Waals surface area contributed by atoms with E-state index in [2.05, 4.69) is 10.6 Å². The zero-order chi connectivity index (χ0) is 18.4. The van der Waals surface area contributed by atoms with Crippen molar-refractivity contribution < 1.29 is 17.9 Å². The second-order valence-electron chi connectivity index (χ2n) is 5.26. The summed E-state index contributed by atoms with van der Waals surface area (Å²) in [7, 11) is 1.73. The minimum atomic E-state index is -4.34. The third-order valence-electron chi connectivity index (χ3n) is 3.58. The molecule has 0 fully saturated rings. The predicted octanol–water partition coefficient (Wildman–Crippen LogP) is 4.37. The minimum Gasteiger partial charge on any atom is -0.494 e. The molecule has 0 unspecified atom stereocenters. The summed E-state index contributed by atoms with van der Waals surface area (Å²) in [5.41, 5.74) is 1.73. The number of alkyl halides is 3. The molecule has 0 aliphatic rings. The van der Waals surface area contributed by atoms with Gasteiger partial charge in [-0.1, -0.05) is 24.3 Å². The third kappa shape index (κ3) is 5.09. The van der Waals surface area contributed by atoms with Gasteiger partial charge in [-0.15, -0.1) is 0 Å². The Morgan fingerprint density at radius 2 is 1.72 bits per heavy atom. The molecule has 0 spiro atoms. The summed E-state index contributed by atoms with van der Waals surface area (Å²) >= 11 is 5.05. The van der Waals surface area contributed by atoms with Gasteiger partial charge in [0.25, 0.3) is 0 Å². The van der Waals surface area contributed by atoms with Crippen molar-refractivity contribution in [2.24, 2.45) is 0 Å². The molecule has 2 aromatic rings. The van der Waals surface area contributed by atoms with Gasteiger partial charge in [0.2, 0.25) is 0 Å². The van der Waals surface area contributed by atoms with Gasteiger partial charge < -0.3 is 15.4 Å². The molecule has 0 atom stereocenters. The molecule has 2 N–H and O–H groups in total. The molecule has 0 aromatic heterocycles. The van der Waals surface area contributed by atoms with Crippen LogP contribution in [0.25, 0.3) is 11.1 Å². The summed E-state index contributed by atoms with van der Waals surface area (Å²) in [5, 5.41) is 6.40. The Labute approximate surface area is 150 Å². The lowest BCUT2D eigenvalue weighted by atomic mass is 10.0. The molecule has 0 saturated carbocycles. The number of nitrogens with one attached hydrogen (secondary N) is 2. The summed E-state index contributed by atoms with van der Waals surface area (Å²) in [5.74, 6) is 0.673. The van der Waals surface area contributed by atoms with Gasteiger partial charge in [-0.05, 0) is 48.5 Å². The van der Waals surface area contributed by atoms with E-state index in [4.69, 9.17) is 17.0 Å². The quantitative estimate of drug-likeness (QED) is 0.768. The molecule has 0 saturated heterocycles. The topological polar surface area (TPSA) is 33.3 Å². The van der Waals surface area contributed by atoms with Gasteiger partial charge in [-0.3, -0.25) is 0 Å². The highest BCUT2D eigenvalue weighted by atomic mass is 32.1. The Kier molecular flexibility index (Phi) is 6.25. The van der Waals surface area contributed by atoms with Gasteiger partial charge in [0.15, 0.2) is 5.11 Å². The smallest absolute Gasteiger partial charge is 0.416 e. The van der Waals surface area contributed by atoms with E-state index in [0.717, 1.165) is 23.3 Å². The minimum absolute atomic E-state index is 0.486. The van der Waals surface area contributed by atoms with Gasteiger partial charge in [0, 0.05) is 19.2 Å². The van der Waals surface area contributed by atoms with E-state index in [9.17, 15) is 13.2 Å². The number of rotatable bonds is 5. The van der Waals surface area contributed by atoms with Crippen LogP contribution in [0.1, 0.15) is 18.1 Å². The van der Waals surface area contributed by atoms with Crippen LogP contribution in [-0.4, -0.2) is 18.8 Å². The lowest BCUT2D eigenvalue weighted by Gasteiger charge is -2.14. The third-order valence-corrected chi connectivity index (χ3v) is 3.93. The number of hydrogen-bond donors (Lipinski definition) is 2. The molecule has 0 aliphatic heterocycles. The van der Waals surface area contributed by atoms with Crippen molar-refractivity contribution in [2.45, 2.75) is 19.6 Å². The molecule has 0 amide bonds. The Bertz CT molecular complexity index is 730. The van der Waals surface area contributed by atoms with Crippen molar-refractivity contribution in [2.75, 3.05) is 13.7 Å². The fourth-order valence-electron chi connectivity index (χ4n) is 2.29. The van der Waals surface area contributed by atoms with Crippen LogP contribution in [0.5, 0.6) is 5.75 Å². The summed E-state index contributed by atoms with van der Waals surface area (Å²) in [6.07, 6.45) is -4.34. The monoisotopic (exact) mass is 368 g/mol. The van der Waals surface area contributed by atoms with E-state index in [1.54, 1.807) is 7.05 Å². The predicted molar refractivity (Wildman–Crippen MR) is 96.5 cm³/mol. The maximum Gasteiger partial charge on any atom is 0.416 e. The fraction of sp³-hybridized carbons (Fsp3) is 0.278. The maximum atomic E-state index is 12.7. The van der Waals surface area contributed by atoms with Gasteiger partial charge in [0.05, 0.1) is 12.2 Å². The molecule has 2 aromatic carbocycles. The first kappa shape index (κ1) is 19.1. The Morgan fingerprint density at radius 3 is 2.28 bits per heavy atom. The zero-order valence-electron chi connectivity index (χ0n) is 13.9. The molecule has 25 heavy (non-hydrogen) atoms. The standard InChI is InChI=1S/C18H19F3N2OS/c1-3-24-16-10-13(4-5-14(16)11-23-17(25)22-2)12-6-8-15(9-7-12)18(19,20)21/h4-10H,3,11H2,1-2H3,(H2,22,23,25). The van der Waals surface area contributed by atoms with Crippen LogP contribution in [0.15, 0.2) is 42.5 Å². The molecule has 0 aliphatic carbocycles. The first-order valence-electron chi connectivity index (χ1n) is 7.74. The molecular formula is C18H19F3N2OS. The van der Waals surface area contributed by atoms with E-state index < -0.39 is 11.7 Å².